The summed E-state index contributed by atoms with van der Waals surface area (Å²) in [6.07, 6.45) is 3.74. The van der Waals surface area contributed by atoms with Crippen LogP contribution in [0.25, 0.3) is 0 Å². The molecule has 0 saturated heterocycles. The van der Waals surface area contributed by atoms with Crippen LogP contribution < -0.4 is 14.8 Å². The largest absolute Gasteiger partial charge is 0.486 e. The molecule has 0 spiro atoms. The summed E-state index contributed by atoms with van der Waals surface area (Å²) in [5.74, 6) is 1.60. The summed E-state index contributed by atoms with van der Waals surface area (Å²) in [5, 5.41) is 16.3. The fourth-order valence-electron chi connectivity index (χ4n) is 2.26. The van der Waals surface area contributed by atoms with Gasteiger partial charge in [-0.15, -0.1) is 0 Å². The van der Waals surface area contributed by atoms with Crippen molar-refractivity contribution in [2.45, 2.75) is 19.2 Å². The first-order chi connectivity index (χ1) is 10.3. The van der Waals surface area contributed by atoms with E-state index in [4.69, 9.17) is 14.6 Å². The molecule has 112 valence electrons. The third-order valence-corrected chi connectivity index (χ3v) is 3.28. The highest BCUT2D eigenvalue weighted by atomic mass is 16.6. The van der Waals surface area contributed by atoms with Crippen LogP contribution in [-0.4, -0.2) is 40.7 Å². The summed E-state index contributed by atoms with van der Waals surface area (Å²) < 4.78 is 13.3. The normalized spacial score (nSPS) is 16.9. The van der Waals surface area contributed by atoms with Gasteiger partial charge >= 0.3 is 0 Å². The van der Waals surface area contributed by atoms with Crippen LogP contribution in [-0.2, 0) is 13.1 Å². The lowest BCUT2D eigenvalue weighted by molar-refractivity contribution is 0.0902. The van der Waals surface area contributed by atoms with E-state index in [0.29, 0.717) is 26.2 Å². The molecule has 1 atom stereocenters. The third-order valence-electron chi connectivity index (χ3n) is 3.28. The molecule has 0 bridgehead atoms. The summed E-state index contributed by atoms with van der Waals surface area (Å²) in [5.41, 5.74) is 1.08. The van der Waals surface area contributed by atoms with Crippen molar-refractivity contribution in [3.05, 3.63) is 42.2 Å². The minimum atomic E-state index is 0.00684. The lowest BCUT2D eigenvalue weighted by Gasteiger charge is -2.26. The van der Waals surface area contributed by atoms with E-state index < -0.39 is 0 Å². The lowest BCUT2D eigenvalue weighted by Crippen LogP contribution is -2.38. The topological polar surface area (TPSA) is 68.5 Å². The van der Waals surface area contributed by atoms with Crippen LogP contribution in [0, 0.1) is 0 Å². The van der Waals surface area contributed by atoms with Crippen LogP contribution in [0.1, 0.15) is 5.56 Å². The van der Waals surface area contributed by atoms with Gasteiger partial charge in [-0.1, -0.05) is 12.1 Å². The maximum absolute atomic E-state index is 8.85. The zero-order valence-electron chi connectivity index (χ0n) is 11.7. The van der Waals surface area contributed by atoms with Crippen LogP contribution in [0.4, 0.5) is 0 Å². The first kappa shape index (κ1) is 13.9. The van der Waals surface area contributed by atoms with Crippen LogP contribution in [0.5, 0.6) is 11.5 Å². The number of hydrogen-bond donors (Lipinski definition) is 2. The Bertz CT molecular complexity index is 585. The molecular formula is C15H19N3O3. The molecule has 0 fully saturated rings. The zero-order chi connectivity index (χ0) is 14.5. The number of nitrogens with zero attached hydrogens (tertiary/aromatic N) is 2. The number of aromatic nitrogens is 2. The fraction of sp³-hybridized carbons (Fsp3) is 0.400. The van der Waals surface area contributed by atoms with E-state index in [9.17, 15) is 0 Å². The molecule has 0 amide bonds. The summed E-state index contributed by atoms with van der Waals surface area (Å²) in [6.45, 7) is 2.60. The number of rotatable bonds is 6. The zero-order valence-corrected chi connectivity index (χ0v) is 11.7. The van der Waals surface area contributed by atoms with Gasteiger partial charge in [-0.25, -0.2) is 0 Å². The second-order valence-corrected chi connectivity index (χ2v) is 4.96. The highest BCUT2D eigenvalue weighted by Gasteiger charge is 2.19. The van der Waals surface area contributed by atoms with Crippen LogP contribution in [0.3, 0.4) is 0 Å². The minimum Gasteiger partial charge on any atom is -0.486 e. The minimum absolute atomic E-state index is 0.00684. The van der Waals surface area contributed by atoms with Crippen molar-refractivity contribution in [2.75, 3.05) is 19.8 Å². The number of para-hydroxylation sites is 2. The number of nitrogens with one attached hydrogen (secondary N) is 1. The Balaban J connectivity index is 1.46. The molecule has 0 saturated carbocycles. The van der Waals surface area contributed by atoms with E-state index in [1.165, 1.54) is 0 Å². The van der Waals surface area contributed by atoms with Crippen molar-refractivity contribution in [2.24, 2.45) is 0 Å². The molecule has 2 aromatic rings. The lowest BCUT2D eigenvalue weighted by atomic mass is 10.2. The standard InChI is InChI=1S/C15H19N3O3/c19-6-5-18-10-12(8-17-18)7-16-9-13-11-20-14-3-1-2-4-15(14)21-13/h1-4,8,10,13,16,19H,5-7,9,11H2. The first-order valence-electron chi connectivity index (χ1n) is 7.06. The van der Waals surface area contributed by atoms with Gasteiger partial charge in [-0.3, -0.25) is 4.68 Å². The molecule has 1 unspecified atom stereocenters. The second-order valence-electron chi connectivity index (χ2n) is 4.96. The highest BCUT2D eigenvalue weighted by Crippen LogP contribution is 2.30. The third kappa shape index (κ3) is 3.53. The van der Waals surface area contributed by atoms with Gasteiger partial charge in [0.15, 0.2) is 11.5 Å². The maximum Gasteiger partial charge on any atom is 0.161 e. The molecule has 21 heavy (non-hydrogen) atoms. The summed E-state index contributed by atoms with van der Waals surface area (Å²) >= 11 is 0. The fourth-order valence-corrected chi connectivity index (χ4v) is 2.26. The molecule has 1 aliphatic heterocycles. The molecule has 0 radical (unpaired) electrons. The molecule has 6 heteroatoms. The van der Waals surface area contributed by atoms with E-state index in [0.717, 1.165) is 17.1 Å². The van der Waals surface area contributed by atoms with Gasteiger partial charge in [0.2, 0.25) is 0 Å². The van der Waals surface area contributed by atoms with Gasteiger partial charge in [0.25, 0.3) is 0 Å². The number of ether oxygens (including phenoxy) is 2. The quantitative estimate of drug-likeness (QED) is 0.823. The number of hydrogen-bond acceptors (Lipinski definition) is 5. The number of fused-ring (bicyclic) bond motifs is 1. The molecule has 0 aliphatic carbocycles. The van der Waals surface area contributed by atoms with Gasteiger partial charge in [0.05, 0.1) is 19.3 Å². The van der Waals surface area contributed by atoms with Gasteiger partial charge in [0.1, 0.15) is 12.7 Å². The smallest absolute Gasteiger partial charge is 0.161 e. The number of aliphatic hydroxyl groups excluding tert-OH is 1. The second kappa shape index (κ2) is 6.60. The van der Waals surface area contributed by atoms with E-state index in [2.05, 4.69) is 10.4 Å². The summed E-state index contributed by atoms with van der Waals surface area (Å²) in [7, 11) is 0. The highest BCUT2D eigenvalue weighted by molar-refractivity contribution is 5.40. The number of aliphatic hydroxyl groups is 1. The van der Waals surface area contributed by atoms with Crippen molar-refractivity contribution >= 4 is 0 Å². The van der Waals surface area contributed by atoms with Gasteiger partial charge in [-0.05, 0) is 12.1 Å². The molecule has 1 aromatic heterocycles. The molecule has 2 heterocycles. The van der Waals surface area contributed by atoms with Crippen molar-refractivity contribution in [1.29, 1.82) is 0 Å². The molecule has 3 rings (SSSR count). The number of benzene rings is 1. The Kier molecular flexibility index (Phi) is 4.37. The SMILES string of the molecule is OCCn1cc(CNCC2COc3ccccc3O2)cn1. The average Bonchev–Trinajstić information content (AvgIpc) is 2.95. The predicted molar refractivity (Wildman–Crippen MR) is 77.4 cm³/mol. The van der Waals surface area contributed by atoms with Crippen molar-refractivity contribution in [3.8, 4) is 11.5 Å². The monoisotopic (exact) mass is 289 g/mol. The van der Waals surface area contributed by atoms with Crippen molar-refractivity contribution in [3.63, 3.8) is 0 Å². The maximum atomic E-state index is 8.85. The van der Waals surface area contributed by atoms with Crippen LogP contribution >= 0.6 is 0 Å². The predicted octanol–water partition coefficient (Wildman–Crippen LogP) is 0.805. The van der Waals surface area contributed by atoms with E-state index in [1.54, 1.807) is 10.9 Å². The molecule has 1 aliphatic rings. The average molecular weight is 289 g/mol. The first-order valence-corrected chi connectivity index (χ1v) is 7.06. The van der Waals surface area contributed by atoms with Gasteiger partial charge < -0.3 is 19.9 Å². The Morgan fingerprint density at radius 2 is 2.19 bits per heavy atom. The Morgan fingerprint density at radius 3 is 3.05 bits per heavy atom. The van der Waals surface area contributed by atoms with Crippen LogP contribution in [0.2, 0.25) is 0 Å². The van der Waals surface area contributed by atoms with Crippen molar-refractivity contribution < 1.29 is 14.6 Å². The van der Waals surface area contributed by atoms with E-state index in [-0.39, 0.29) is 12.7 Å². The van der Waals surface area contributed by atoms with Crippen molar-refractivity contribution in [1.82, 2.24) is 15.1 Å². The Labute approximate surface area is 123 Å². The molecular weight excluding hydrogens is 270 g/mol. The molecule has 6 nitrogen and oxygen atoms in total. The summed E-state index contributed by atoms with van der Waals surface area (Å²) in [6, 6.07) is 7.70. The molecule has 1 aromatic carbocycles. The van der Waals surface area contributed by atoms with E-state index in [1.807, 2.05) is 30.5 Å². The summed E-state index contributed by atoms with van der Waals surface area (Å²) in [4.78, 5) is 0. The van der Waals surface area contributed by atoms with Gasteiger partial charge in [0, 0.05) is 24.8 Å². The Hall–Kier alpha value is -2.05. The van der Waals surface area contributed by atoms with E-state index >= 15 is 0 Å². The Morgan fingerprint density at radius 1 is 1.33 bits per heavy atom. The van der Waals surface area contributed by atoms with Gasteiger partial charge in [-0.2, -0.15) is 5.10 Å². The van der Waals surface area contributed by atoms with Crippen LogP contribution in [0.15, 0.2) is 36.7 Å². The molecule has 2 N–H and O–H groups in total.